The summed E-state index contributed by atoms with van der Waals surface area (Å²) in [4.78, 5) is 9.99. The average Bonchev–Trinajstić information content (AvgIpc) is 1.98. The van der Waals surface area contributed by atoms with Crippen LogP contribution in [0.4, 0.5) is 0 Å². The second kappa shape index (κ2) is 6.61. The minimum atomic E-state index is -0.982. The molecule has 1 atom stereocenters. The Kier molecular flexibility index (Phi) is 6.01. The highest BCUT2D eigenvalue weighted by Crippen LogP contribution is 1.97. The van der Waals surface area contributed by atoms with Gasteiger partial charge >= 0.3 is 5.97 Å². The molecule has 2 N–H and O–H groups in total. The third kappa shape index (κ3) is 7.02. The van der Waals surface area contributed by atoms with E-state index in [0.717, 1.165) is 12.5 Å². The zero-order valence-electron chi connectivity index (χ0n) is 7.10. The molecule has 0 radical (unpaired) electrons. The molecule has 0 amide bonds. The fourth-order valence-corrected chi connectivity index (χ4v) is 0.722. The molecule has 0 aliphatic heterocycles. The smallest absolute Gasteiger partial charge is 0.328 e. The molecule has 0 bridgehead atoms. The van der Waals surface area contributed by atoms with Gasteiger partial charge in [-0.05, 0) is 6.42 Å². The van der Waals surface area contributed by atoms with Crippen LogP contribution in [-0.4, -0.2) is 22.3 Å². The Labute approximate surface area is 72.0 Å². The lowest BCUT2D eigenvalue weighted by Crippen LogP contribution is -1.99. The number of aliphatic hydroxyl groups excluding tert-OH is 1. The van der Waals surface area contributed by atoms with Crippen LogP contribution in [0.25, 0.3) is 0 Å². The summed E-state index contributed by atoms with van der Waals surface area (Å²) in [5, 5.41) is 17.3. The molecular formula is C9H14O3. The van der Waals surface area contributed by atoms with Gasteiger partial charge < -0.3 is 10.2 Å². The van der Waals surface area contributed by atoms with Crippen LogP contribution in [0.2, 0.25) is 0 Å². The molecule has 0 aliphatic rings. The van der Waals surface area contributed by atoms with Gasteiger partial charge in [0.15, 0.2) is 0 Å². The number of allylic oxidation sites excluding steroid dienone is 2. The summed E-state index contributed by atoms with van der Waals surface area (Å²) in [5.41, 5.74) is 0. The number of rotatable bonds is 5. The molecule has 0 rings (SSSR count). The van der Waals surface area contributed by atoms with E-state index in [1.807, 2.05) is 6.92 Å². The highest BCUT2D eigenvalue weighted by Gasteiger charge is 1.93. The van der Waals surface area contributed by atoms with Crippen LogP contribution in [0.3, 0.4) is 0 Å². The molecule has 0 aromatic rings. The molecule has 3 nitrogen and oxygen atoms in total. The van der Waals surface area contributed by atoms with Crippen molar-refractivity contribution in [3.8, 4) is 0 Å². The fraction of sp³-hybridized carbons (Fsp3) is 0.444. The first-order valence-electron chi connectivity index (χ1n) is 3.92. The van der Waals surface area contributed by atoms with Gasteiger partial charge in [0.05, 0.1) is 6.10 Å². The van der Waals surface area contributed by atoms with Gasteiger partial charge in [-0.2, -0.15) is 0 Å². The van der Waals surface area contributed by atoms with E-state index in [0.29, 0.717) is 6.42 Å². The number of aliphatic hydroxyl groups is 1. The van der Waals surface area contributed by atoms with Crippen LogP contribution in [0.1, 0.15) is 19.8 Å². The van der Waals surface area contributed by atoms with E-state index < -0.39 is 12.1 Å². The van der Waals surface area contributed by atoms with Crippen molar-refractivity contribution in [2.45, 2.75) is 25.9 Å². The highest BCUT2D eigenvalue weighted by molar-refractivity contribution is 5.80. The van der Waals surface area contributed by atoms with Crippen molar-refractivity contribution >= 4 is 5.97 Å². The molecule has 0 saturated carbocycles. The van der Waals surface area contributed by atoms with E-state index in [1.54, 1.807) is 6.08 Å². The molecule has 3 heteroatoms. The zero-order valence-corrected chi connectivity index (χ0v) is 7.10. The van der Waals surface area contributed by atoms with E-state index in [2.05, 4.69) is 0 Å². The maximum atomic E-state index is 9.99. The third-order valence-corrected chi connectivity index (χ3v) is 1.27. The first-order valence-corrected chi connectivity index (χ1v) is 3.92. The van der Waals surface area contributed by atoms with Crippen molar-refractivity contribution in [2.75, 3.05) is 0 Å². The number of carboxylic acid groups (broad SMARTS) is 1. The molecule has 12 heavy (non-hydrogen) atoms. The molecule has 68 valence electrons. The Bertz CT molecular complexity index is 182. The van der Waals surface area contributed by atoms with E-state index in [-0.39, 0.29) is 0 Å². The zero-order chi connectivity index (χ0) is 9.40. The van der Waals surface area contributed by atoms with E-state index in [4.69, 9.17) is 10.2 Å². The summed E-state index contributed by atoms with van der Waals surface area (Å²) < 4.78 is 0. The summed E-state index contributed by atoms with van der Waals surface area (Å²) >= 11 is 0. The SMILES string of the molecule is CCC[C@H](O)/C=C/C=C/C(=O)O. The Morgan fingerprint density at radius 2 is 2.17 bits per heavy atom. The Morgan fingerprint density at radius 1 is 1.50 bits per heavy atom. The minimum absolute atomic E-state index is 0.464. The monoisotopic (exact) mass is 170 g/mol. The maximum absolute atomic E-state index is 9.99. The molecule has 0 fully saturated rings. The first-order chi connectivity index (χ1) is 5.66. The van der Waals surface area contributed by atoms with Crippen molar-refractivity contribution in [1.29, 1.82) is 0 Å². The van der Waals surface area contributed by atoms with Crippen molar-refractivity contribution in [3.63, 3.8) is 0 Å². The maximum Gasteiger partial charge on any atom is 0.328 e. The number of carboxylic acids is 1. The minimum Gasteiger partial charge on any atom is -0.478 e. The molecule has 0 unspecified atom stereocenters. The lowest BCUT2D eigenvalue weighted by Gasteiger charge is -1.99. The highest BCUT2D eigenvalue weighted by atomic mass is 16.4. The van der Waals surface area contributed by atoms with Gasteiger partial charge in [0.25, 0.3) is 0 Å². The van der Waals surface area contributed by atoms with Gasteiger partial charge in [-0.3, -0.25) is 0 Å². The number of carbonyl (C=O) groups is 1. The number of hydrogen-bond acceptors (Lipinski definition) is 2. The lowest BCUT2D eigenvalue weighted by atomic mass is 10.2. The summed E-state index contributed by atoms with van der Waals surface area (Å²) in [5.74, 6) is -0.982. The van der Waals surface area contributed by atoms with Gasteiger partial charge in [-0.1, -0.05) is 31.6 Å². The van der Waals surface area contributed by atoms with Gasteiger partial charge in [0.1, 0.15) is 0 Å². The summed E-state index contributed by atoms with van der Waals surface area (Å²) in [6.45, 7) is 1.98. The quantitative estimate of drug-likeness (QED) is 0.483. The van der Waals surface area contributed by atoms with Crippen molar-refractivity contribution in [1.82, 2.24) is 0 Å². The molecule has 0 heterocycles. The van der Waals surface area contributed by atoms with Gasteiger partial charge in [0, 0.05) is 6.08 Å². The van der Waals surface area contributed by atoms with E-state index in [1.165, 1.54) is 12.2 Å². The topological polar surface area (TPSA) is 57.5 Å². The van der Waals surface area contributed by atoms with E-state index >= 15 is 0 Å². The molecule has 0 spiro atoms. The molecule has 0 saturated heterocycles. The molecule has 0 aromatic carbocycles. The van der Waals surface area contributed by atoms with Crippen LogP contribution >= 0.6 is 0 Å². The molecule has 0 aromatic heterocycles. The Balaban J connectivity index is 3.67. The van der Waals surface area contributed by atoms with Crippen LogP contribution in [0, 0.1) is 0 Å². The molecular weight excluding hydrogens is 156 g/mol. The van der Waals surface area contributed by atoms with E-state index in [9.17, 15) is 4.79 Å². The normalized spacial score (nSPS) is 14.2. The second-order valence-corrected chi connectivity index (χ2v) is 2.44. The number of hydrogen-bond donors (Lipinski definition) is 2. The first kappa shape index (κ1) is 10.9. The van der Waals surface area contributed by atoms with Crippen LogP contribution in [-0.2, 0) is 4.79 Å². The second-order valence-electron chi connectivity index (χ2n) is 2.44. The molecule has 0 aliphatic carbocycles. The summed E-state index contributed by atoms with van der Waals surface area (Å²) in [7, 11) is 0. The van der Waals surface area contributed by atoms with Gasteiger partial charge in [0.2, 0.25) is 0 Å². The van der Waals surface area contributed by atoms with Crippen molar-refractivity contribution < 1.29 is 15.0 Å². The standard InChI is InChI=1S/C9H14O3/c1-2-5-8(10)6-3-4-7-9(11)12/h3-4,6-8,10H,2,5H2,1H3,(H,11,12)/b6-3+,7-4+/t8-/m0/s1. The summed E-state index contributed by atoms with van der Waals surface area (Å²) in [6.07, 6.45) is 6.67. The van der Waals surface area contributed by atoms with Crippen LogP contribution < -0.4 is 0 Å². The Morgan fingerprint density at radius 3 is 2.67 bits per heavy atom. The average molecular weight is 170 g/mol. The summed E-state index contributed by atoms with van der Waals surface area (Å²) in [6, 6.07) is 0. The fourth-order valence-electron chi connectivity index (χ4n) is 0.722. The predicted molar refractivity (Wildman–Crippen MR) is 46.8 cm³/mol. The van der Waals surface area contributed by atoms with Crippen LogP contribution in [0.5, 0.6) is 0 Å². The van der Waals surface area contributed by atoms with Crippen molar-refractivity contribution in [3.05, 3.63) is 24.3 Å². The predicted octanol–water partition coefficient (Wildman–Crippen LogP) is 1.34. The largest absolute Gasteiger partial charge is 0.478 e. The van der Waals surface area contributed by atoms with Crippen LogP contribution in [0.15, 0.2) is 24.3 Å². The van der Waals surface area contributed by atoms with Gasteiger partial charge in [-0.25, -0.2) is 4.79 Å². The lowest BCUT2D eigenvalue weighted by molar-refractivity contribution is -0.131. The third-order valence-electron chi connectivity index (χ3n) is 1.27. The van der Waals surface area contributed by atoms with Gasteiger partial charge in [-0.15, -0.1) is 0 Å². The van der Waals surface area contributed by atoms with Crippen molar-refractivity contribution in [2.24, 2.45) is 0 Å². The Hall–Kier alpha value is -1.09. The number of aliphatic carboxylic acids is 1.